The summed E-state index contributed by atoms with van der Waals surface area (Å²) in [6.07, 6.45) is -3.74. The number of hydrogen-bond donors (Lipinski definition) is 2. The average Bonchev–Trinajstić information content (AvgIpc) is 3.18. The van der Waals surface area contributed by atoms with Crippen molar-refractivity contribution in [2.24, 2.45) is 0 Å². The molecule has 1 amide bonds. The smallest absolute Gasteiger partial charge is 0.417 e. The van der Waals surface area contributed by atoms with Gasteiger partial charge < -0.3 is 10.1 Å². The topological polar surface area (TPSA) is 63.2 Å². The number of benzene rings is 1. The Morgan fingerprint density at radius 2 is 1.86 bits per heavy atom. The summed E-state index contributed by atoms with van der Waals surface area (Å²) in [5.41, 5.74) is -0.248. The third-order valence-corrected chi connectivity index (χ3v) is 4.44. The lowest BCUT2D eigenvalue weighted by atomic mass is 10.3. The first-order valence-electron chi connectivity index (χ1n) is 7.78. The molecule has 0 spiro atoms. The zero-order valence-electron chi connectivity index (χ0n) is 14.0. The number of alkyl halides is 3. The van der Waals surface area contributed by atoms with Crippen LogP contribution >= 0.6 is 23.6 Å². The van der Waals surface area contributed by atoms with Crippen LogP contribution in [0.2, 0.25) is 0 Å². The van der Waals surface area contributed by atoms with Crippen LogP contribution < -0.4 is 15.4 Å². The lowest BCUT2D eigenvalue weighted by Crippen LogP contribution is -2.33. The molecule has 0 aliphatic carbocycles. The number of nitrogens with zero attached hydrogens (tertiary/aromatic N) is 1. The summed E-state index contributed by atoms with van der Waals surface area (Å²) in [5.74, 6) is 0.111. The third kappa shape index (κ3) is 5.27. The highest BCUT2D eigenvalue weighted by molar-refractivity contribution is 7.80. The summed E-state index contributed by atoms with van der Waals surface area (Å²) in [5, 5.41) is 7.34. The van der Waals surface area contributed by atoms with E-state index in [-0.39, 0.29) is 16.9 Å². The lowest BCUT2D eigenvalue weighted by molar-refractivity contribution is -0.137. The highest BCUT2D eigenvalue weighted by Gasteiger charge is 2.30. The molecule has 0 unspecified atom stereocenters. The van der Waals surface area contributed by atoms with Crippen molar-refractivity contribution in [1.29, 1.82) is 0 Å². The first-order chi connectivity index (χ1) is 13.3. The number of nitrogens with one attached hydrogen (secondary N) is 2. The van der Waals surface area contributed by atoms with Gasteiger partial charge in [-0.15, -0.1) is 11.3 Å². The van der Waals surface area contributed by atoms with Gasteiger partial charge in [-0.25, -0.2) is 4.98 Å². The number of thiophene rings is 1. The molecule has 5 nitrogen and oxygen atoms in total. The number of anilines is 1. The van der Waals surface area contributed by atoms with Gasteiger partial charge in [0.2, 0.25) is 5.88 Å². The largest absolute Gasteiger partial charge is 0.439 e. The zero-order valence-corrected chi connectivity index (χ0v) is 15.6. The Hall–Kier alpha value is -2.98. The van der Waals surface area contributed by atoms with Crippen molar-refractivity contribution >= 4 is 40.3 Å². The Balaban J connectivity index is 1.56. The standard InChI is InChI=1S/C18H12F3N3O2S2/c19-18(20,21)11-3-8-15(22-10-11)26-13-6-4-12(5-7-13)23-17(27)24-16(25)14-2-1-9-28-14/h1-10H,(H2,23,24,25,27). The molecule has 0 fully saturated rings. The maximum atomic E-state index is 12.5. The van der Waals surface area contributed by atoms with E-state index in [1.165, 1.54) is 11.3 Å². The summed E-state index contributed by atoms with van der Waals surface area (Å²) in [4.78, 5) is 16.1. The summed E-state index contributed by atoms with van der Waals surface area (Å²) in [6.45, 7) is 0. The van der Waals surface area contributed by atoms with Crippen LogP contribution in [0.5, 0.6) is 11.6 Å². The van der Waals surface area contributed by atoms with Gasteiger partial charge in [-0.1, -0.05) is 6.07 Å². The van der Waals surface area contributed by atoms with Crippen molar-refractivity contribution in [3.63, 3.8) is 0 Å². The molecular weight excluding hydrogens is 411 g/mol. The first-order valence-corrected chi connectivity index (χ1v) is 9.07. The fourth-order valence-electron chi connectivity index (χ4n) is 2.07. The summed E-state index contributed by atoms with van der Waals surface area (Å²) >= 11 is 6.39. The van der Waals surface area contributed by atoms with E-state index in [2.05, 4.69) is 15.6 Å². The molecule has 10 heteroatoms. The highest BCUT2D eigenvalue weighted by atomic mass is 32.1. The van der Waals surface area contributed by atoms with Crippen molar-refractivity contribution in [3.8, 4) is 11.6 Å². The summed E-state index contributed by atoms with van der Waals surface area (Å²) < 4.78 is 43.0. The second-order valence-corrected chi connectivity index (χ2v) is 6.75. The van der Waals surface area contributed by atoms with Crippen LogP contribution in [0.25, 0.3) is 0 Å². The number of halogens is 3. The van der Waals surface area contributed by atoms with Gasteiger partial charge in [-0.3, -0.25) is 10.1 Å². The third-order valence-electron chi connectivity index (χ3n) is 3.37. The van der Waals surface area contributed by atoms with Gasteiger partial charge in [-0.05, 0) is 54.0 Å². The molecule has 2 N–H and O–H groups in total. The first kappa shape index (κ1) is 19.8. The molecule has 144 valence electrons. The fraction of sp³-hybridized carbons (Fsp3) is 0.0556. The minimum Gasteiger partial charge on any atom is -0.439 e. The van der Waals surface area contributed by atoms with E-state index in [1.807, 2.05) is 0 Å². The quantitative estimate of drug-likeness (QED) is 0.573. The highest BCUT2D eigenvalue weighted by Crippen LogP contribution is 2.30. The Bertz CT molecular complexity index is 957. The monoisotopic (exact) mass is 423 g/mol. The van der Waals surface area contributed by atoms with Gasteiger partial charge in [0.05, 0.1) is 10.4 Å². The number of hydrogen-bond acceptors (Lipinski definition) is 5. The van der Waals surface area contributed by atoms with Crippen LogP contribution in [0.3, 0.4) is 0 Å². The Morgan fingerprint density at radius 1 is 1.11 bits per heavy atom. The van der Waals surface area contributed by atoms with Gasteiger partial charge in [0.1, 0.15) is 5.75 Å². The van der Waals surface area contributed by atoms with Crippen LogP contribution in [-0.2, 0) is 6.18 Å². The molecule has 1 aromatic carbocycles. The Morgan fingerprint density at radius 3 is 2.43 bits per heavy atom. The number of ether oxygens (including phenoxy) is 1. The van der Waals surface area contributed by atoms with Crippen molar-refractivity contribution in [2.45, 2.75) is 6.18 Å². The van der Waals surface area contributed by atoms with E-state index >= 15 is 0 Å². The van der Waals surface area contributed by atoms with Crippen LogP contribution in [0.15, 0.2) is 60.1 Å². The number of carbonyl (C=O) groups excluding carboxylic acids is 1. The van der Waals surface area contributed by atoms with Crippen LogP contribution in [0, 0.1) is 0 Å². The van der Waals surface area contributed by atoms with E-state index in [9.17, 15) is 18.0 Å². The number of thiocarbonyl (C=S) groups is 1. The maximum Gasteiger partial charge on any atom is 0.417 e. The number of amides is 1. The number of rotatable bonds is 4. The van der Waals surface area contributed by atoms with Gasteiger partial charge in [-0.2, -0.15) is 13.2 Å². The molecular formula is C18H12F3N3O2S2. The van der Waals surface area contributed by atoms with E-state index < -0.39 is 11.7 Å². The van der Waals surface area contributed by atoms with E-state index in [0.717, 1.165) is 12.1 Å². The molecule has 0 radical (unpaired) electrons. The Labute approximate surface area is 167 Å². The van der Waals surface area contributed by atoms with E-state index in [1.54, 1.807) is 41.8 Å². The van der Waals surface area contributed by atoms with Gasteiger partial charge in [0.25, 0.3) is 5.91 Å². The lowest BCUT2D eigenvalue weighted by Gasteiger charge is -2.10. The number of aromatic nitrogens is 1. The summed E-state index contributed by atoms with van der Waals surface area (Å²) in [7, 11) is 0. The number of pyridine rings is 1. The molecule has 0 bridgehead atoms. The second kappa shape index (κ2) is 8.36. The zero-order chi connectivity index (χ0) is 20.1. The van der Waals surface area contributed by atoms with E-state index in [4.69, 9.17) is 17.0 Å². The normalized spacial score (nSPS) is 11.0. The molecule has 0 saturated heterocycles. The van der Waals surface area contributed by atoms with Gasteiger partial charge >= 0.3 is 6.18 Å². The van der Waals surface area contributed by atoms with Crippen molar-refractivity contribution in [3.05, 3.63) is 70.5 Å². The SMILES string of the molecule is O=C(NC(=S)Nc1ccc(Oc2ccc(C(F)(F)F)cn2)cc1)c1cccs1. The Kier molecular flexibility index (Phi) is 5.90. The maximum absolute atomic E-state index is 12.5. The molecule has 2 heterocycles. The average molecular weight is 423 g/mol. The second-order valence-electron chi connectivity index (χ2n) is 5.39. The van der Waals surface area contributed by atoms with Crippen molar-refractivity contribution in [1.82, 2.24) is 10.3 Å². The van der Waals surface area contributed by atoms with Crippen molar-refractivity contribution < 1.29 is 22.7 Å². The molecule has 3 aromatic rings. The molecule has 0 atom stereocenters. The van der Waals surface area contributed by atoms with E-state index in [0.29, 0.717) is 22.5 Å². The minimum atomic E-state index is -4.45. The van der Waals surface area contributed by atoms with Gasteiger partial charge in [0.15, 0.2) is 5.11 Å². The predicted octanol–water partition coefficient (Wildman–Crippen LogP) is 5.08. The summed E-state index contributed by atoms with van der Waals surface area (Å²) in [6, 6.07) is 11.9. The number of carbonyl (C=O) groups is 1. The van der Waals surface area contributed by atoms with Crippen LogP contribution in [0.4, 0.5) is 18.9 Å². The molecule has 28 heavy (non-hydrogen) atoms. The van der Waals surface area contributed by atoms with Crippen LogP contribution in [0.1, 0.15) is 15.2 Å². The molecule has 0 aliphatic heterocycles. The molecule has 2 aromatic heterocycles. The van der Waals surface area contributed by atoms with Crippen LogP contribution in [-0.4, -0.2) is 16.0 Å². The molecule has 0 saturated carbocycles. The molecule has 0 aliphatic rings. The van der Waals surface area contributed by atoms with Gasteiger partial charge in [0, 0.05) is 18.0 Å². The molecule has 3 rings (SSSR count). The predicted molar refractivity (Wildman–Crippen MR) is 104 cm³/mol. The van der Waals surface area contributed by atoms with Crippen molar-refractivity contribution in [2.75, 3.05) is 5.32 Å². The fourth-order valence-corrected chi connectivity index (χ4v) is 2.90. The minimum absolute atomic E-state index is 0.0347.